The Balaban J connectivity index is 3.32. The van der Waals surface area contributed by atoms with Crippen molar-refractivity contribution in [2.75, 3.05) is 0 Å². The van der Waals surface area contributed by atoms with Crippen LogP contribution in [-0.4, -0.2) is 16.1 Å². The molecule has 76 valence electrons. The standard InChI is InChI=1S/C7H5Cl3N2O2/c8-2-1-12-6(10)4(9)3(2)5(11)7(13)14/h1,5H,11H2,(H,13,14)/t5-/m1/s1. The molecule has 1 atom stereocenters. The van der Waals surface area contributed by atoms with Gasteiger partial charge in [-0.2, -0.15) is 0 Å². The summed E-state index contributed by atoms with van der Waals surface area (Å²) in [6.45, 7) is 0. The molecule has 1 rings (SSSR count). The zero-order valence-electron chi connectivity index (χ0n) is 6.67. The van der Waals surface area contributed by atoms with Gasteiger partial charge in [0.15, 0.2) is 0 Å². The Kier molecular flexibility index (Phi) is 3.55. The van der Waals surface area contributed by atoms with Crippen molar-refractivity contribution in [3.63, 3.8) is 0 Å². The number of carboxylic acid groups (broad SMARTS) is 1. The zero-order chi connectivity index (χ0) is 10.9. The summed E-state index contributed by atoms with van der Waals surface area (Å²) in [5.41, 5.74) is 5.42. The van der Waals surface area contributed by atoms with Crippen molar-refractivity contribution in [3.05, 3.63) is 27.0 Å². The van der Waals surface area contributed by atoms with E-state index >= 15 is 0 Å². The summed E-state index contributed by atoms with van der Waals surface area (Å²) in [6, 6.07) is -1.31. The molecule has 0 aliphatic carbocycles. The van der Waals surface area contributed by atoms with Crippen LogP contribution in [0.4, 0.5) is 0 Å². The van der Waals surface area contributed by atoms with Crippen molar-refractivity contribution < 1.29 is 9.90 Å². The van der Waals surface area contributed by atoms with Crippen LogP contribution in [-0.2, 0) is 4.79 Å². The van der Waals surface area contributed by atoms with Gasteiger partial charge >= 0.3 is 5.97 Å². The van der Waals surface area contributed by atoms with E-state index in [1.807, 2.05) is 0 Å². The second-order valence-electron chi connectivity index (χ2n) is 2.44. The monoisotopic (exact) mass is 254 g/mol. The maximum absolute atomic E-state index is 10.6. The molecule has 1 aromatic rings. The first-order valence-corrected chi connectivity index (χ1v) is 4.56. The van der Waals surface area contributed by atoms with Gasteiger partial charge in [-0.1, -0.05) is 34.8 Å². The number of nitrogens with zero attached hydrogens (tertiary/aromatic N) is 1. The summed E-state index contributed by atoms with van der Waals surface area (Å²) < 4.78 is 0. The summed E-state index contributed by atoms with van der Waals surface area (Å²) in [6.07, 6.45) is 1.20. The fourth-order valence-electron chi connectivity index (χ4n) is 0.864. The van der Waals surface area contributed by atoms with Crippen LogP contribution < -0.4 is 5.73 Å². The van der Waals surface area contributed by atoms with E-state index in [2.05, 4.69) is 4.98 Å². The third-order valence-corrected chi connectivity index (χ3v) is 2.61. The number of hydrogen-bond donors (Lipinski definition) is 2. The summed E-state index contributed by atoms with van der Waals surface area (Å²) in [7, 11) is 0. The third kappa shape index (κ3) is 2.09. The Morgan fingerprint density at radius 3 is 2.57 bits per heavy atom. The van der Waals surface area contributed by atoms with Crippen LogP contribution in [0, 0.1) is 0 Å². The molecular weight excluding hydrogens is 250 g/mol. The van der Waals surface area contributed by atoms with Gasteiger partial charge in [0, 0.05) is 11.8 Å². The second-order valence-corrected chi connectivity index (χ2v) is 3.58. The van der Waals surface area contributed by atoms with Crippen molar-refractivity contribution in [3.8, 4) is 0 Å². The molecular formula is C7H5Cl3N2O2. The molecule has 0 unspecified atom stereocenters. The molecule has 1 heterocycles. The van der Waals surface area contributed by atoms with Gasteiger partial charge in [-0.3, -0.25) is 4.79 Å². The molecule has 0 aliphatic rings. The number of carbonyl (C=O) groups is 1. The third-order valence-electron chi connectivity index (χ3n) is 1.54. The van der Waals surface area contributed by atoms with Crippen LogP contribution in [0.1, 0.15) is 11.6 Å². The highest BCUT2D eigenvalue weighted by atomic mass is 35.5. The molecule has 3 N–H and O–H groups in total. The lowest BCUT2D eigenvalue weighted by molar-refractivity contribution is -0.138. The predicted molar refractivity (Wildman–Crippen MR) is 53.8 cm³/mol. The van der Waals surface area contributed by atoms with Crippen molar-refractivity contribution in [1.82, 2.24) is 4.98 Å². The van der Waals surface area contributed by atoms with E-state index in [9.17, 15) is 4.79 Å². The molecule has 4 nitrogen and oxygen atoms in total. The Morgan fingerprint density at radius 1 is 1.50 bits per heavy atom. The SMILES string of the molecule is N[C@@H](C(=O)O)c1c(Cl)cnc(Cl)c1Cl. The van der Waals surface area contributed by atoms with Crippen LogP contribution in [0.15, 0.2) is 6.20 Å². The van der Waals surface area contributed by atoms with Crippen LogP contribution in [0.3, 0.4) is 0 Å². The Morgan fingerprint density at radius 2 is 2.07 bits per heavy atom. The van der Waals surface area contributed by atoms with Crippen LogP contribution in [0.2, 0.25) is 15.2 Å². The lowest BCUT2D eigenvalue weighted by Crippen LogP contribution is -2.21. The van der Waals surface area contributed by atoms with Gasteiger partial charge < -0.3 is 10.8 Å². The number of hydrogen-bond acceptors (Lipinski definition) is 3. The number of aliphatic carboxylic acids is 1. The average Bonchev–Trinajstić information content (AvgIpc) is 2.12. The number of pyridine rings is 1. The number of nitrogens with two attached hydrogens (primary N) is 1. The van der Waals surface area contributed by atoms with Crippen LogP contribution in [0.5, 0.6) is 0 Å². The maximum Gasteiger partial charge on any atom is 0.325 e. The number of halogens is 3. The minimum Gasteiger partial charge on any atom is -0.480 e. The van der Waals surface area contributed by atoms with E-state index < -0.39 is 12.0 Å². The van der Waals surface area contributed by atoms with Crippen molar-refractivity contribution in [2.24, 2.45) is 5.73 Å². The van der Waals surface area contributed by atoms with E-state index in [0.717, 1.165) is 0 Å². The van der Waals surface area contributed by atoms with E-state index in [1.54, 1.807) is 0 Å². The molecule has 1 aromatic heterocycles. The quantitative estimate of drug-likeness (QED) is 0.794. The lowest BCUT2D eigenvalue weighted by atomic mass is 10.1. The van der Waals surface area contributed by atoms with Crippen LogP contribution >= 0.6 is 34.8 Å². The molecule has 0 amide bonds. The van der Waals surface area contributed by atoms with Crippen molar-refractivity contribution in [1.29, 1.82) is 0 Å². The smallest absolute Gasteiger partial charge is 0.325 e. The van der Waals surface area contributed by atoms with E-state index in [4.69, 9.17) is 45.6 Å². The predicted octanol–water partition coefficient (Wildman–Crippen LogP) is 2.13. The van der Waals surface area contributed by atoms with Gasteiger partial charge in [0.05, 0.1) is 10.0 Å². The molecule has 0 spiro atoms. The normalized spacial score (nSPS) is 12.6. The summed E-state index contributed by atoms with van der Waals surface area (Å²) in [5, 5.41) is 8.69. The van der Waals surface area contributed by atoms with Gasteiger partial charge in [0.25, 0.3) is 0 Å². The van der Waals surface area contributed by atoms with Crippen LogP contribution in [0.25, 0.3) is 0 Å². The molecule has 0 aromatic carbocycles. The average molecular weight is 255 g/mol. The second kappa shape index (κ2) is 4.31. The van der Waals surface area contributed by atoms with Crippen molar-refractivity contribution in [2.45, 2.75) is 6.04 Å². The number of rotatable bonds is 2. The minimum absolute atomic E-state index is 0.0252. The first kappa shape index (κ1) is 11.5. The fourth-order valence-corrected chi connectivity index (χ4v) is 1.59. The Bertz CT molecular complexity index is 383. The van der Waals surface area contributed by atoms with Gasteiger partial charge in [-0.25, -0.2) is 4.98 Å². The summed E-state index contributed by atoms with van der Waals surface area (Å²) in [4.78, 5) is 14.2. The van der Waals surface area contributed by atoms with Gasteiger partial charge in [-0.15, -0.1) is 0 Å². The Labute approximate surface area is 94.6 Å². The highest BCUT2D eigenvalue weighted by molar-refractivity contribution is 6.43. The van der Waals surface area contributed by atoms with E-state index in [-0.39, 0.29) is 20.8 Å². The molecule has 0 bridgehead atoms. The lowest BCUT2D eigenvalue weighted by Gasteiger charge is -2.11. The van der Waals surface area contributed by atoms with E-state index in [0.29, 0.717) is 0 Å². The van der Waals surface area contributed by atoms with Gasteiger partial charge in [0.1, 0.15) is 11.2 Å². The summed E-state index contributed by atoms with van der Waals surface area (Å²) in [5.74, 6) is -1.24. The molecule has 0 aliphatic heterocycles. The molecule has 0 radical (unpaired) electrons. The topological polar surface area (TPSA) is 76.2 Å². The van der Waals surface area contributed by atoms with E-state index in [1.165, 1.54) is 6.20 Å². The summed E-state index contributed by atoms with van der Waals surface area (Å²) >= 11 is 17.0. The number of aromatic nitrogens is 1. The maximum atomic E-state index is 10.6. The molecule has 0 saturated heterocycles. The zero-order valence-corrected chi connectivity index (χ0v) is 8.94. The highest BCUT2D eigenvalue weighted by Crippen LogP contribution is 2.33. The molecule has 14 heavy (non-hydrogen) atoms. The largest absolute Gasteiger partial charge is 0.480 e. The Hall–Kier alpha value is -0.550. The molecule has 0 fully saturated rings. The van der Waals surface area contributed by atoms with Gasteiger partial charge in [-0.05, 0) is 0 Å². The highest BCUT2D eigenvalue weighted by Gasteiger charge is 2.22. The molecule has 0 saturated carbocycles. The van der Waals surface area contributed by atoms with Crippen molar-refractivity contribution >= 4 is 40.8 Å². The van der Waals surface area contributed by atoms with Gasteiger partial charge in [0.2, 0.25) is 0 Å². The fraction of sp³-hybridized carbons (Fsp3) is 0.143. The first-order valence-electron chi connectivity index (χ1n) is 3.43. The minimum atomic E-state index is -1.31. The molecule has 7 heteroatoms. The number of carboxylic acids is 1. The first-order chi connectivity index (χ1) is 6.45.